The standard InChI is InChI=1S/C34H36N2O4S/c1-24(36-20-6-9-31(36)37)23-40-28-14-10-25(11-15-28)33(38)32-29-7-2-3-8-30(29)41-34(32)26-12-16-27(17-13-26)39-22-21-35-18-4-5-19-35/h2-3,7-8,10-17,24H,4-6,9,18-23H2,1H3. The summed E-state index contributed by atoms with van der Waals surface area (Å²) in [6.07, 6.45) is 4.10. The van der Waals surface area contributed by atoms with Crippen molar-refractivity contribution in [2.24, 2.45) is 0 Å². The van der Waals surface area contributed by atoms with Crippen molar-refractivity contribution in [1.29, 1.82) is 0 Å². The highest BCUT2D eigenvalue weighted by Gasteiger charge is 2.25. The van der Waals surface area contributed by atoms with Crippen LogP contribution in [-0.2, 0) is 4.79 Å². The number of hydrogen-bond donors (Lipinski definition) is 0. The number of rotatable bonds is 11. The molecule has 6 rings (SSSR count). The van der Waals surface area contributed by atoms with E-state index in [0.29, 0.717) is 30.9 Å². The van der Waals surface area contributed by atoms with Gasteiger partial charge < -0.3 is 14.4 Å². The molecule has 1 aromatic heterocycles. The lowest BCUT2D eigenvalue weighted by Crippen LogP contribution is -2.38. The van der Waals surface area contributed by atoms with Crippen LogP contribution in [0, 0.1) is 0 Å². The van der Waals surface area contributed by atoms with Crippen LogP contribution in [0.4, 0.5) is 0 Å². The quantitative estimate of drug-likeness (QED) is 0.189. The summed E-state index contributed by atoms with van der Waals surface area (Å²) in [5.74, 6) is 1.73. The maximum atomic E-state index is 13.9. The van der Waals surface area contributed by atoms with Crippen LogP contribution in [0.5, 0.6) is 11.5 Å². The van der Waals surface area contributed by atoms with Gasteiger partial charge in [-0.2, -0.15) is 0 Å². The Labute approximate surface area is 245 Å². The van der Waals surface area contributed by atoms with E-state index in [-0.39, 0.29) is 17.7 Å². The zero-order chi connectivity index (χ0) is 28.2. The normalized spacial score (nSPS) is 16.4. The van der Waals surface area contributed by atoms with Crippen LogP contribution in [0.1, 0.15) is 48.5 Å². The monoisotopic (exact) mass is 568 g/mol. The van der Waals surface area contributed by atoms with E-state index in [2.05, 4.69) is 23.1 Å². The van der Waals surface area contributed by atoms with Crippen LogP contribution < -0.4 is 9.47 Å². The molecule has 1 amide bonds. The average molecular weight is 569 g/mol. The molecule has 2 fully saturated rings. The van der Waals surface area contributed by atoms with Gasteiger partial charge in [0.25, 0.3) is 0 Å². The Morgan fingerprint density at radius 2 is 1.59 bits per heavy atom. The Hall–Kier alpha value is -3.68. The fourth-order valence-corrected chi connectivity index (χ4v) is 6.97. The molecular formula is C34H36N2O4S. The zero-order valence-electron chi connectivity index (χ0n) is 23.5. The number of fused-ring (bicyclic) bond motifs is 1. The van der Waals surface area contributed by atoms with E-state index < -0.39 is 0 Å². The van der Waals surface area contributed by atoms with Crippen LogP contribution in [0.3, 0.4) is 0 Å². The zero-order valence-corrected chi connectivity index (χ0v) is 24.3. The second-order valence-corrected chi connectivity index (χ2v) is 12.0. The second kappa shape index (κ2) is 12.5. The number of carbonyl (C=O) groups excluding carboxylic acids is 2. The summed E-state index contributed by atoms with van der Waals surface area (Å²) in [4.78, 5) is 31.2. The number of hydrogen-bond acceptors (Lipinski definition) is 6. The average Bonchev–Trinajstić information content (AvgIpc) is 3.76. The van der Waals surface area contributed by atoms with Gasteiger partial charge in [-0.05, 0) is 99.4 Å². The molecule has 0 bridgehead atoms. The van der Waals surface area contributed by atoms with Gasteiger partial charge in [0.2, 0.25) is 5.91 Å². The first-order valence-corrected chi connectivity index (χ1v) is 15.4. The summed E-state index contributed by atoms with van der Waals surface area (Å²) in [6, 6.07) is 23.6. The van der Waals surface area contributed by atoms with Gasteiger partial charge in [-0.25, -0.2) is 0 Å². The number of benzene rings is 3. The number of carbonyl (C=O) groups is 2. The largest absolute Gasteiger partial charge is 0.492 e. The van der Waals surface area contributed by atoms with Crippen molar-refractivity contribution in [2.75, 3.05) is 39.4 Å². The highest BCUT2D eigenvalue weighted by Crippen LogP contribution is 2.40. The highest BCUT2D eigenvalue weighted by atomic mass is 32.1. The van der Waals surface area contributed by atoms with Gasteiger partial charge >= 0.3 is 0 Å². The third kappa shape index (κ3) is 6.16. The molecular weight excluding hydrogens is 532 g/mol. The van der Waals surface area contributed by atoms with Gasteiger partial charge in [-0.1, -0.05) is 18.2 Å². The molecule has 212 valence electrons. The number of thiophene rings is 1. The predicted octanol–water partition coefficient (Wildman–Crippen LogP) is 6.66. The van der Waals surface area contributed by atoms with Crippen molar-refractivity contribution in [1.82, 2.24) is 9.80 Å². The molecule has 6 nitrogen and oxygen atoms in total. The maximum Gasteiger partial charge on any atom is 0.222 e. The Balaban J connectivity index is 1.17. The van der Waals surface area contributed by atoms with E-state index in [0.717, 1.165) is 51.4 Å². The molecule has 3 aromatic carbocycles. The molecule has 1 atom stereocenters. The summed E-state index contributed by atoms with van der Waals surface area (Å²) < 4.78 is 13.1. The van der Waals surface area contributed by atoms with Gasteiger partial charge in [-0.3, -0.25) is 14.5 Å². The lowest BCUT2D eigenvalue weighted by atomic mass is 9.97. The summed E-state index contributed by atoms with van der Waals surface area (Å²) in [5.41, 5.74) is 2.35. The summed E-state index contributed by atoms with van der Waals surface area (Å²) in [7, 11) is 0. The molecule has 0 N–H and O–H groups in total. The molecule has 41 heavy (non-hydrogen) atoms. The Bertz CT molecular complexity index is 1510. The van der Waals surface area contributed by atoms with E-state index in [1.165, 1.54) is 25.9 Å². The molecule has 0 saturated carbocycles. The summed E-state index contributed by atoms with van der Waals surface area (Å²) in [5, 5.41) is 0.966. The van der Waals surface area contributed by atoms with Crippen LogP contribution in [0.15, 0.2) is 72.8 Å². The summed E-state index contributed by atoms with van der Waals surface area (Å²) >= 11 is 1.64. The lowest BCUT2D eigenvalue weighted by molar-refractivity contribution is -0.129. The number of amides is 1. The van der Waals surface area contributed by atoms with E-state index in [4.69, 9.17) is 9.47 Å². The molecule has 2 aliphatic heterocycles. The SMILES string of the molecule is CC(COc1ccc(C(=O)c2c(-c3ccc(OCCN4CCCC4)cc3)sc3ccccc23)cc1)N1CCCC1=O. The van der Waals surface area contributed by atoms with Gasteiger partial charge in [0.05, 0.1) is 6.04 Å². The van der Waals surface area contributed by atoms with Crippen LogP contribution in [0.25, 0.3) is 20.5 Å². The van der Waals surface area contributed by atoms with Gasteiger partial charge in [0.15, 0.2) is 5.78 Å². The van der Waals surface area contributed by atoms with Gasteiger partial charge in [-0.15, -0.1) is 11.3 Å². The Kier molecular flexibility index (Phi) is 8.35. The maximum absolute atomic E-state index is 13.9. The number of likely N-dealkylation sites (tertiary alicyclic amines) is 2. The molecule has 3 heterocycles. The minimum Gasteiger partial charge on any atom is -0.492 e. The predicted molar refractivity (Wildman–Crippen MR) is 164 cm³/mol. The Morgan fingerprint density at radius 1 is 0.878 bits per heavy atom. The van der Waals surface area contributed by atoms with E-state index in [9.17, 15) is 9.59 Å². The van der Waals surface area contributed by atoms with E-state index in [1.807, 2.05) is 66.4 Å². The smallest absolute Gasteiger partial charge is 0.222 e. The van der Waals surface area contributed by atoms with Crippen molar-refractivity contribution in [3.8, 4) is 21.9 Å². The van der Waals surface area contributed by atoms with Crippen molar-refractivity contribution in [3.05, 3.63) is 83.9 Å². The summed E-state index contributed by atoms with van der Waals surface area (Å²) in [6.45, 7) is 7.20. The first-order chi connectivity index (χ1) is 20.1. The van der Waals surface area contributed by atoms with Crippen molar-refractivity contribution in [3.63, 3.8) is 0 Å². The van der Waals surface area contributed by atoms with Crippen LogP contribution >= 0.6 is 11.3 Å². The topological polar surface area (TPSA) is 59.1 Å². The second-order valence-electron chi connectivity index (χ2n) is 10.9. The third-order valence-electron chi connectivity index (χ3n) is 8.06. The molecule has 2 saturated heterocycles. The van der Waals surface area contributed by atoms with Crippen molar-refractivity contribution < 1.29 is 19.1 Å². The third-order valence-corrected chi connectivity index (χ3v) is 9.28. The van der Waals surface area contributed by atoms with Crippen molar-refractivity contribution in [2.45, 2.75) is 38.6 Å². The Morgan fingerprint density at radius 3 is 2.32 bits per heavy atom. The molecule has 0 spiro atoms. The first kappa shape index (κ1) is 27.5. The van der Waals surface area contributed by atoms with Crippen molar-refractivity contribution >= 4 is 33.1 Å². The van der Waals surface area contributed by atoms with E-state index >= 15 is 0 Å². The molecule has 0 radical (unpaired) electrons. The minimum absolute atomic E-state index is 0.00836. The number of ether oxygens (including phenoxy) is 2. The molecule has 0 aliphatic carbocycles. The van der Waals surface area contributed by atoms with Gasteiger partial charge in [0, 0.05) is 45.6 Å². The molecule has 7 heteroatoms. The molecule has 2 aliphatic rings. The number of nitrogens with zero attached hydrogens (tertiary/aromatic N) is 2. The van der Waals surface area contributed by atoms with Crippen LogP contribution in [-0.4, -0.2) is 66.9 Å². The van der Waals surface area contributed by atoms with Gasteiger partial charge in [0.1, 0.15) is 24.7 Å². The number of ketones is 1. The fourth-order valence-electron chi connectivity index (χ4n) is 5.76. The first-order valence-electron chi connectivity index (χ1n) is 14.6. The highest BCUT2D eigenvalue weighted by molar-refractivity contribution is 7.22. The lowest BCUT2D eigenvalue weighted by Gasteiger charge is -2.24. The van der Waals surface area contributed by atoms with Crippen LogP contribution in [0.2, 0.25) is 0 Å². The molecule has 1 unspecified atom stereocenters. The fraction of sp³-hybridized carbons (Fsp3) is 0.353. The van der Waals surface area contributed by atoms with E-state index in [1.54, 1.807) is 11.3 Å². The molecule has 4 aromatic rings. The minimum atomic E-state index is -0.00836.